The van der Waals surface area contributed by atoms with Gasteiger partial charge in [-0.15, -0.1) is 21.5 Å². The van der Waals surface area contributed by atoms with E-state index in [9.17, 15) is 18.0 Å². The van der Waals surface area contributed by atoms with Gasteiger partial charge < -0.3 is 4.42 Å². The fourth-order valence-electron chi connectivity index (χ4n) is 3.12. The summed E-state index contributed by atoms with van der Waals surface area (Å²) < 4.78 is 46.7. The molecule has 0 saturated heterocycles. The molecule has 0 spiro atoms. The molecule has 0 radical (unpaired) electrons. The predicted molar refractivity (Wildman–Crippen MR) is 119 cm³/mol. The van der Waals surface area contributed by atoms with E-state index in [4.69, 9.17) is 4.42 Å². The SMILES string of the molecule is CCn1c(SCc2csc(N(C(C)=O)c3cccc(C(F)(F)F)c3)n2)nnc1-c1ccco1. The van der Waals surface area contributed by atoms with Crippen LogP contribution in [0.1, 0.15) is 25.1 Å². The van der Waals surface area contributed by atoms with E-state index in [1.165, 1.54) is 47.1 Å². The average Bonchev–Trinajstić information content (AvgIpc) is 3.52. The molecule has 3 aromatic heterocycles. The van der Waals surface area contributed by atoms with Gasteiger partial charge in [-0.05, 0) is 37.3 Å². The van der Waals surface area contributed by atoms with Crippen LogP contribution in [0.25, 0.3) is 11.6 Å². The molecule has 0 atom stereocenters. The first-order valence-electron chi connectivity index (χ1n) is 9.80. The second-order valence-electron chi connectivity index (χ2n) is 6.84. The highest BCUT2D eigenvalue weighted by Gasteiger charge is 2.31. The van der Waals surface area contributed by atoms with Crippen LogP contribution >= 0.6 is 23.1 Å². The second kappa shape index (κ2) is 9.40. The fourth-order valence-corrected chi connectivity index (χ4v) is 5.01. The molecule has 0 N–H and O–H groups in total. The van der Waals surface area contributed by atoms with Gasteiger partial charge in [-0.2, -0.15) is 13.2 Å². The molecule has 4 rings (SSSR count). The van der Waals surface area contributed by atoms with Gasteiger partial charge in [0, 0.05) is 24.6 Å². The Morgan fingerprint density at radius 1 is 1.24 bits per heavy atom. The molecule has 1 aromatic carbocycles. The number of anilines is 2. The Hall–Kier alpha value is -3.12. The molecule has 33 heavy (non-hydrogen) atoms. The lowest BCUT2D eigenvalue weighted by atomic mass is 10.2. The number of furan rings is 1. The summed E-state index contributed by atoms with van der Waals surface area (Å²) in [6.45, 7) is 3.90. The van der Waals surface area contributed by atoms with Gasteiger partial charge in [0.05, 0.1) is 23.2 Å². The molecule has 0 aliphatic heterocycles. The van der Waals surface area contributed by atoms with Crippen LogP contribution in [0.4, 0.5) is 24.0 Å². The molecular formula is C21H18F3N5O2S2. The van der Waals surface area contributed by atoms with Gasteiger partial charge in [-0.3, -0.25) is 14.3 Å². The minimum atomic E-state index is -4.51. The molecule has 0 unspecified atom stereocenters. The van der Waals surface area contributed by atoms with Crippen LogP contribution in [0.15, 0.2) is 57.6 Å². The van der Waals surface area contributed by atoms with Crippen LogP contribution in [-0.2, 0) is 23.3 Å². The number of aromatic nitrogens is 4. The number of amides is 1. The molecule has 0 bridgehead atoms. The van der Waals surface area contributed by atoms with E-state index < -0.39 is 17.6 Å². The first-order chi connectivity index (χ1) is 15.8. The molecule has 1 amide bonds. The summed E-state index contributed by atoms with van der Waals surface area (Å²) in [5.74, 6) is 1.25. The van der Waals surface area contributed by atoms with E-state index in [1.54, 1.807) is 23.8 Å². The largest absolute Gasteiger partial charge is 0.461 e. The lowest BCUT2D eigenvalue weighted by molar-refractivity contribution is -0.137. The maximum atomic E-state index is 13.1. The Kier molecular flexibility index (Phi) is 6.56. The Labute approximate surface area is 195 Å². The van der Waals surface area contributed by atoms with Crippen molar-refractivity contribution in [3.8, 4) is 11.6 Å². The number of rotatable bonds is 7. The summed E-state index contributed by atoms with van der Waals surface area (Å²) >= 11 is 2.60. The van der Waals surface area contributed by atoms with Gasteiger partial charge in [0.25, 0.3) is 0 Å². The van der Waals surface area contributed by atoms with Crippen molar-refractivity contribution in [3.05, 3.63) is 59.3 Å². The number of hydrogen-bond acceptors (Lipinski definition) is 7. The number of carbonyl (C=O) groups excluding carboxylic acids is 1. The zero-order valence-electron chi connectivity index (χ0n) is 17.5. The smallest absolute Gasteiger partial charge is 0.416 e. The highest BCUT2D eigenvalue weighted by molar-refractivity contribution is 7.98. The molecule has 3 heterocycles. The minimum absolute atomic E-state index is 0.111. The maximum Gasteiger partial charge on any atom is 0.416 e. The number of benzene rings is 1. The van der Waals surface area contributed by atoms with Gasteiger partial charge in [0.2, 0.25) is 5.91 Å². The Morgan fingerprint density at radius 3 is 2.73 bits per heavy atom. The van der Waals surface area contributed by atoms with Gasteiger partial charge in [-0.1, -0.05) is 17.8 Å². The maximum absolute atomic E-state index is 13.1. The highest BCUT2D eigenvalue weighted by atomic mass is 32.2. The Balaban J connectivity index is 1.53. The van der Waals surface area contributed by atoms with E-state index in [1.807, 2.05) is 11.5 Å². The van der Waals surface area contributed by atoms with Crippen LogP contribution < -0.4 is 4.90 Å². The third-order valence-corrected chi connectivity index (χ3v) is 6.48. The van der Waals surface area contributed by atoms with Crippen molar-refractivity contribution in [2.45, 2.75) is 37.5 Å². The van der Waals surface area contributed by atoms with Crippen molar-refractivity contribution >= 4 is 39.8 Å². The minimum Gasteiger partial charge on any atom is -0.461 e. The monoisotopic (exact) mass is 493 g/mol. The number of carbonyl (C=O) groups is 1. The number of thioether (sulfide) groups is 1. The molecule has 0 fully saturated rings. The van der Waals surface area contributed by atoms with Crippen molar-refractivity contribution in [2.75, 3.05) is 4.90 Å². The summed E-state index contributed by atoms with van der Waals surface area (Å²) in [5, 5.41) is 11.2. The molecule has 0 aliphatic carbocycles. The lowest BCUT2D eigenvalue weighted by Crippen LogP contribution is -2.23. The number of alkyl halides is 3. The third kappa shape index (κ3) is 4.96. The van der Waals surface area contributed by atoms with Gasteiger partial charge >= 0.3 is 6.18 Å². The number of halogens is 3. The second-order valence-corrected chi connectivity index (χ2v) is 8.62. The molecule has 172 valence electrons. The molecule has 0 aliphatic rings. The van der Waals surface area contributed by atoms with Crippen molar-refractivity contribution in [2.24, 2.45) is 0 Å². The third-order valence-electron chi connectivity index (χ3n) is 4.60. The zero-order chi connectivity index (χ0) is 23.6. The summed E-state index contributed by atoms with van der Waals surface area (Å²) in [4.78, 5) is 17.9. The molecule has 4 aromatic rings. The van der Waals surface area contributed by atoms with Crippen LogP contribution in [0, 0.1) is 0 Å². The normalized spacial score (nSPS) is 11.7. The Bertz CT molecular complexity index is 1250. The Morgan fingerprint density at radius 2 is 2.06 bits per heavy atom. The predicted octanol–water partition coefficient (Wildman–Crippen LogP) is 6.01. The number of thiazole rings is 1. The summed E-state index contributed by atoms with van der Waals surface area (Å²) in [6, 6.07) is 8.21. The van der Waals surface area contributed by atoms with E-state index in [2.05, 4.69) is 15.2 Å². The van der Waals surface area contributed by atoms with Crippen molar-refractivity contribution in [1.29, 1.82) is 0 Å². The van der Waals surface area contributed by atoms with E-state index in [-0.39, 0.29) is 5.69 Å². The van der Waals surface area contributed by atoms with Crippen LogP contribution in [0.5, 0.6) is 0 Å². The van der Waals surface area contributed by atoms with Crippen molar-refractivity contribution < 1.29 is 22.4 Å². The van der Waals surface area contributed by atoms with E-state index in [0.29, 0.717) is 39.9 Å². The lowest BCUT2D eigenvalue weighted by Gasteiger charge is -2.19. The summed E-state index contributed by atoms with van der Waals surface area (Å²) in [5.41, 5.74) is -0.0482. The topological polar surface area (TPSA) is 77.1 Å². The molecular weight excluding hydrogens is 475 g/mol. The first kappa shape index (κ1) is 23.1. The van der Waals surface area contributed by atoms with Gasteiger partial charge in [0.1, 0.15) is 0 Å². The van der Waals surface area contributed by atoms with Crippen LogP contribution in [0.3, 0.4) is 0 Å². The van der Waals surface area contributed by atoms with Gasteiger partial charge in [0.15, 0.2) is 21.9 Å². The standard InChI is InChI=1S/C21H18F3N5O2S2/c1-3-28-18(17-8-5-9-31-17)26-27-20(28)33-12-15-11-32-19(25-15)29(13(2)30)16-7-4-6-14(10-16)21(22,23)24/h4-11H,3,12H2,1-2H3. The van der Waals surface area contributed by atoms with Crippen LogP contribution in [-0.4, -0.2) is 25.7 Å². The van der Waals surface area contributed by atoms with Crippen molar-refractivity contribution in [3.63, 3.8) is 0 Å². The molecule has 0 saturated carbocycles. The van der Waals surface area contributed by atoms with E-state index in [0.717, 1.165) is 12.1 Å². The summed E-state index contributed by atoms with van der Waals surface area (Å²) in [6.07, 6.45) is -2.94. The first-order valence-corrected chi connectivity index (χ1v) is 11.7. The fraction of sp³-hybridized carbons (Fsp3) is 0.238. The zero-order valence-corrected chi connectivity index (χ0v) is 19.2. The number of hydrogen-bond donors (Lipinski definition) is 0. The summed E-state index contributed by atoms with van der Waals surface area (Å²) in [7, 11) is 0. The van der Waals surface area contributed by atoms with Gasteiger partial charge in [-0.25, -0.2) is 4.98 Å². The average molecular weight is 494 g/mol. The molecule has 7 nitrogen and oxygen atoms in total. The van der Waals surface area contributed by atoms with Crippen LogP contribution in [0.2, 0.25) is 0 Å². The van der Waals surface area contributed by atoms with Crippen molar-refractivity contribution in [1.82, 2.24) is 19.7 Å². The molecule has 12 heteroatoms. The van der Waals surface area contributed by atoms with E-state index >= 15 is 0 Å². The number of nitrogens with zero attached hydrogens (tertiary/aromatic N) is 5. The quantitative estimate of drug-likeness (QED) is 0.294. The highest BCUT2D eigenvalue weighted by Crippen LogP contribution is 2.35.